The molecule has 0 aliphatic rings. The fraction of sp³-hybridized carbons (Fsp3) is 0.300. The topological polar surface area (TPSA) is 91.9 Å². The number of carboxylic acid groups (broad SMARTS) is 1. The molecule has 2 heterocycles. The van der Waals surface area contributed by atoms with Crippen molar-refractivity contribution in [1.82, 2.24) is 9.38 Å². The maximum atomic E-state index is 11.7. The number of fused-ring (bicyclic) bond motifs is 1. The molecule has 2 aromatic heterocycles. The normalized spacial score (nSPS) is 11.2. The number of thiazole rings is 1. The van der Waals surface area contributed by atoms with Crippen molar-refractivity contribution < 1.29 is 15.0 Å². The Morgan fingerprint density at radius 1 is 1.53 bits per heavy atom. The first-order chi connectivity index (χ1) is 7.91. The van der Waals surface area contributed by atoms with Gasteiger partial charge in [-0.25, -0.2) is 9.78 Å². The lowest BCUT2D eigenvalue weighted by atomic mass is 10.2. The van der Waals surface area contributed by atoms with Crippen molar-refractivity contribution in [3.8, 4) is 5.75 Å². The van der Waals surface area contributed by atoms with Gasteiger partial charge in [0.05, 0.1) is 0 Å². The third-order valence-electron chi connectivity index (χ3n) is 2.30. The Kier molecular flexibility index (Phi) is 2.62. The molecular weight excluding hydrogens is 244 g/mol. The number of nitrogens with zero attached hydrogens (tertiary/aromatic N) is 2. The first kappa shape index (κ1) is 11.6. The molecule has 0 saturated carbocycles. The monoisotopic (exact) mass is 254 g/mol. The average molecular weight is 254 g/mol. The molecule has 2 N–H and O–H groups in total. The molecule has 0 amide bonds. The predicted octanol–water partition coefficient (Wildman–Crippen LogP) is 1.28. The van der Waals surface area contributed by atoms with Crippen molar-refractivity contribution in [1.29, 1.82) is 0 Å². The van der Waals surface area contributed by atoms with E-state index in [1.807, 2.05) is 13.8 Å². The quantitative estimate of drug-likeness (QED) is 0.842. The predicted molar refractivity (Wildman–Crippen MR) is 62.1 cm³/mol. The minimum Gasteiger partial charge on any atom is -0.501 e. The molecule has 0 unspecified atom stereocenters. The first-order valence-electron chi connectivity index (χ1n) is 4.90. The van der Waals surface area contributed by atoms with Crippen molar-refractivity contribution >= 4 is 22.3 Å². The van der Waals surface area contributed by atoms with E-state index in [0.717, 1.165) is 4.88 Å². The Morgan fingerprint density at radius 2 is 2.18 bits per heavy atom. The maximum absolute atomic E-state index is 11.7. The summed E-state index contributed by atoms with van der Waals surface area (Å²) in [7, 11) is 0. The minimum absolute atomic E-state index is 0.205. The molecule has 0 saturated heterocycles. The number of aromatic carboxylic acids is 1. The zero-order valence-corrected chi connectivity index (χ0v) is 9.98. The Hall–Kier alpha value is -1.89. The second-order valence-corrected chi connectivity index (χ2v) is 4.90. The van der Waals surface area contributed by atoms with Gasteiger partial charge in [-0.3, -0.25) is 9.20 Å². The summed E-state index contributed by atoms with van der Waals surface area (Å²) in [5, 5.41) is 18.2. The molecule has 0 aliphatic heterocycles. The van der Waals surface area contributed by atoms with E-state index in [-0.39, 0.29) is 10.9 Å². The van der Waals surface area contributed by atoms with Gasteiger partial charge in [0.15, 0.2) is 10.7 Å². The second-order valence-electron chi connectivity index (χ2n) is 3.86. The molecule has 6 nitrogen and oxygen atoms in total. The number of hydrogen-bond donors (Lipinski definition) is 2. The van der Waals surface area contributed by atoms with E-state index in [0.29, 0.717) is 0 Å². The van der Waals surface area contributed by atoms with E-state index in [1.165, 1.54) is 15.7 Å². The second kappa shape index (κ2) is 3.85. The molecule has 0 fully saturated rings. The van der Waals surface area contributed by atoms with Crippen molar-refractivity contribution in [3.05, 3.63) is 27.1 Å². The van der Waals surface area contributed by atoms with Crippen LogP contribution in [0.4, 0.5) is 0 Å². The lowest BCUT2D eigenvalue weighted by Gasteiger charge is -1.98. The molecule has 7 heteroatoms. The van der Waals surface area contributed by atoms with Gasteiger partial charge in [0.25, 0.3) is 0 Å². The number of carbonyl (C=O) groups is 1. The zero-order valence-electron chi connectivity index (χ0n) is 9.17. The largest absolute Gasteiger partial charge is 0.501 e. The van der Waals surface area contributed by atoms with Crippen LogP contribution in [0.2, 0.25) is 0 Å². The van der Waals surface area contributed by atoms with Gasteiger partial charge < -0.3 is 10.2 Å². The van der Waals surface area contributed by atoms with Crippen LogP contribution in [0.1, 0.15) is 35.1 Å². The van der Waals surface area contributed by atoms with Crippen LogP contribution in [0.25, 0.3) is 4.96 Å². The lowest BCUT2D eigenvalue weighted by molar-refractivity contribution is 0.0687. The minimum atomic E-state index is -1.42. The van der Waals surface area contributed by atoms with Crippen molar-refractivity contribution in [3.63, 3.8) is 0 Å². The van der Waals surface area contributed by atoms with E-state index < -0.39 is 23.0 Å². The van der Waals surface area contributed by atoms with Crippen LogP contribution < -0.4 is 5.56 Å². The lowest BCUT2D eigenvalue weighted by Crippen LogP contribution is -2.16. The third kappa shape index (κ3) is 1.78. The third-order valence-corrected chi connectivity index (χ3v) is 3.58. The van der Waals surface area contributed by atoms with Crippen LogP contribution in [0.15, 0.2) is 11.0 Å². The molecule has 0 radical (unpaired) electrons. The molecule has 17 heavy (non-hydrogen) atoms. The summed E-state index contributed by atoms with van der Waals surface area (Å²) in [5.41, 5.74) is -1.36. The standard InChI is InChI=1S/C10H10N2O4S/c1-4(2)5-3-12-8(14)7(13)6(9(15)16)11-10(12)17-5/h3-4,13H,1-2H3,(H,15,16). The smallest absolute Gasteiger partial charge is 0.358 e. The number of carboxylic acids is 1. The van der Waals surface area contributed by atoms with E-state index in [4.69, 9.17) is 5.11 Å². The van der Waals surface area contributed by atoms with Crippen LogP contribution in [-0.4, -0.2) is 25.6 Å². The first-order valence-corrected chi connectivity index (χ1v) is 5.71. The highest BCUT2D eigenvalue weighted by Gasteiger charge is 2.19. The maximum Gasteiger partial charge on any atom is 0.358 e. The van der Waals surface area contributed by atoms with E-state index in [1.54, 1.807) is 6.20 Å². The molecule has 0 spiro atoms. The number of hydrogen-bond acceptors (Lipinski definition) is 5. The average Bonchev–Trinajstić information content (AvgIpc) is 2.67. The van der Waals surface area contributed by atoms with E-state index >= 15 is 0 Å². The van der Waals surface area contributed by atoms with E-state index in [9.17, 15) is 14.7 Å². The Morgan fingerprint density at radius 3 is 2.71 bits per heavy atom. The summed E-state index contributed by atoms with van der Waals surface area (Å²) in [5.74, 6) is -2.04. The van der Waals surface area contributed by atoms with Crippen molar-refractivity contribution in [2.75, 3.05) is 0 Å². The SMILES string of the molecule is CC(C)c1cn2c(=O)c(O)c(C(=O)O)nc2s1. The van der Waals surface area contributed by atoms with Gasteiger partial charge in [0.2, 0.25) is 5.75 Å². The van der Waals surface area contributed by atoms with Gasteiger partial charge in [-0.1, -0.05) is 13.8 Å². The number of aromatic nitrogens is 2. The molecule has 0 aromatic carbocycles. The zero-order chi connectivity index (χ0) is 12.7. The summed E-state index contributed by atoms with van der Waals surface area (Å²) in [6.45, 7) is 3.90. The summed E-state index contributed by atoms with van der Waals surface area (Å²) in [6.07, 6.45) is 1.57. The van der Waals surface area contributed by atoms with Gasteiger partial charge in [0.1, 0.15) is 0 Å². The van der Waals surface area contributed by atoms with Gasteiger partial charge in [-0.2, -0.15) is 0 Å². The fourth-order valence-electron chi connectivity index (χ4n) is 1.37. The highest BCUT2D eigenvalue weighted by Crippen LogP contribution is 2.24. The number of rotatable bonds is 2. The van der Waals surface area contributed by atoms with Gasteiger partial charge >= 0.3 is 11.5 Å². The van der Waals surface area contributed by atoms with Crippen LogP contribution in [-0.2, 0) is 0 Å². The Labute approximate surface area is 99.8 Å². The summed E-state index contributed by atoms with van der Waals surface area (Å²) in [6, 6.07) is 0. The van der Waals surface area contributed by atoms with Crippen LogP contribution >= 0.6 is 11.3 Å². The van der Waals surface area contributed by atoms with Crippen LogP contribution in [0.5, 0.6) is 5.75 Å². The molecule has 0 aliphatic carbocycles. The highest BCUT2D eigenvalue weighted by molar-refractivity contribution is 7.17. The molecular formula is C10H10N2O4S. The van der Waals surface area contributed by atoms with Gasteiger partial charge in [0, 0.05) is 11.1 Å². The van der Waals surface area contributed by atoms with E-state index in [2.05, 4.69) is 4.98 Å². The van der Waals surface area contributed by atoms with Crippen molar-refractivity contribution in [2.24, 2.45) is 0 Å². The summed E-state index contributed by atoms with van der Waals surface area (Å²) < 4.78 is 1.17. The van der Waals surface area contributed by atoms with Crippen LogP contribution in [0, 0.1) is 0 Å². The molecule has 0 bridgehead atoms. The Bertz CT molecular complexity index is 656. The fourth-order valence-corrected chi connectivity index (χ4v) is 2.34. The molecule has 90 valence electrons. The highest BCUT2D eigenvalue weighted by atomic mass is 32.1. The summed E-state index contributed by atoms with van der Waals surface area (Å²) >= 11 is 1.24. The van der Waals surface area contributed by atoms with Gasteiger partial charge in [-0.15, -0.1) is 11.3 Å². The molecule has 0 atom stereocenters. The number of aromatic hydroxyl groups is 1. The Balaban J connectivity index is 2.82. The van der Waals surface area contributed by atoms with Crippen LogP contribution in [0.3, 0.4) is 0 Å². The van der Waals surface area contributed by atoms with Crippen molar-refractivity contribution in [2.45, 2.75) is 19.8 Å². The van der Waals surface area contributed by atoms with Gasteiger partial charge in [-0.05, 0) is 5.92 Å². The summed E-state index contributed by atoms with van der Waals surface area (Å²) in [4.78, 5) is 27.4. The molecule has 2 rings (SSSR count). The molecule has 2 aromatic rings.